The highest BCUT2D eigenvalue weighted by Gasteiger charge is 2.21. The molecule has 0 fully saturated rings. The van der Waals surface area contributed by atoms with Crippen molar-refractivity contribution in [2.24, 2.45) is 0 Å². The van der Waals surface area contributed by atoms with Gasteiger partial charge in [-0.05, 0) is 51.1 Å². The summed E-state index contributed by atoms with van der Waals surface area (Å²) in [5.74, 6) is 0.361. The summed E-state index contributed by atoms with van der Waals surface area (Å²) in [6.07, 6.45) is 3.71. The monoisotopic (exact) mass is 446 g/mol. The topological polar surface area (TPSA) is 74.8 Å². The number of ether oxygens (including phenoxy) is 1. The number of pyridine rings is 1. The fourth-order valence-corrected chi connectivity index (χ4v) is 3.17. The molecule has 0 spiro atoms. The molecule has 1 heterocycles. The van der Waals surface area contributed by atoms with Gasteiger partial charge in [0.1, 0.15) is 12.4 Å². The summed E-state index contributed by atoms with van der Waals surface area (Å²) in [6.45, 7) is 7.76. The average Bonchev–Trinajstić information content (AvgIpc) is 2.76. The quantitative estimate of drug-likeness (QED) is 0.529. The van der Waals surface area contributed by atoms with E-state index in [1.54, 1.807) is 47.4 Å². The molecule has 2 amide bonds. The SMILES string of the molecule is CCN(C)C(=O)CCN(C(=O)c1cc(Cl)cc(OCCNc2ccncc2)c1)C(C)C. The Balaban J connectivity index is 2.00. The molecular weight excluding hydrogens is 416 g/mol. The molecule has 2 aromatic rings. The molecule has 2 rings (SSSR count). The highest BCUT2D eigenvalue weighted by molar-refractivity contribution is 6.31. The molecule has 0 aliphatic carbocycles. The van der Waals surface area contributed by atoms with Crippen LogP contribution in [-0.4, -0.2) is 65.9 Å². The molecule has 1 aromatic heterocycles. The number of rotatable bonds is 11. The van der Waals surface area contributed by atoms with E-state index < -0.39 is 0 Å². The molecule has 1 aromatic carbocycles. The largest absolute Gasteiger partial charge is 0.492 e. The number of anilines is 1. The van der Waals surface area contributed by atoms with Gasteiger partial charge in [0.05, 0.1) is 0 Å². The molecule has 0 atom stereocenters. The highest BCUT2D eigenvalue weighted by atomic mass is 35.5. The summed E-state index contributed by atoms with van der Waals surface area (Å²) in [5, 5.41) is 3.66. The lowest BCUT2D eigenvalue weighted by atomic mass is 10.1. The van der Waals surface area contributed by atoms with Gasteiger partial charge in [0.2, 0.25) is 5.91 Å². The average molecular weight is 447 g/mol. The first-order valence-corrected chi connectivity index (χ1v) is 10.8. The van der Waals surface area contributed by atoms with Crippen molar-refractivity contribution in [3.63, 3.8) is 0 Å². The Morgan fingerprint density at radius 3 is 2.55 bits per heavy atom. The molecule has 0 aliphatic rings. The van der Waals surface area contributed by atoms with Crippen molar-refractivity contribution in [1.29, 1.82) is 0 Å². The van der Waals surface area contributed by atoms with Gasteiger partial charge in [-0.3, -0.25) is 14.6 Å². The second kappa shape index (κ2) is 12.2. The van der Waals surface area contributed by atoms with Gasteiger partial charge in [-0.2, -0.15) is 0 Å². The first-order valence-electron chi connectivity index (χ1n) is 10.4. The summed E-state index contributed by atoms with van der Waals surface area (Å²) in [4.78, 5) is 32.6. The van der Waals surface area contributed by atoms with Crippen LogP contribution >= 0.6 is 11.6 Å². The lowest BCUT2D eigenvalue weighted by molar-refractivity contribution is -0.129. The van der Waals surface area contributed by atoms with Crippen LogP contribution in [0.5, 0.6) is 5.75 Å². The Morgan fingerprint density at radius 1 is 1.19 bits per heavy atom. The second-order valence-electron chi connectivity index (χ2n) is 7.44. The molecule has 0 aliphatic heterocycles. The normalized spacial score (nSPS) is 10.6. The standard InChI is InChI=1S/C23H31ClN4O3/c1-5-27(4)22(29)8-12-28(17(2)3)23(30)18-14-19(24)16-21(15-18)31-13-11-26-20-6-9-25-10-7-20/h6-7,9-10,14-17H,5,8,11-13H2,1-4H3,(H,25,26). The number of carbonyl (C=O) groups excluding carboxylic acids is 2. The summed E-state index contributed by atoms with van der Waals surface area (Å²) >= 11 is 6.24. The third-order valence-corrected chi connectivity index (χ3v) is 5.07. The number of carbonyl (C=O) groups is 2. The van der Waals surface area contributed by atoms with Crippen LogP contribution in [0.3, 0.4) is 0 Å². The highest BCUT2D eigenvalue weighted by Crippen LogP contribution is 2.23. The Labute approximate surface area is 189 Å². The summed E-state index contributed by atoms with van der Waals surface area (Å²) in [5.41, 5.74) is 1.39. The van der Waals surface area contributed by atoms with E-state index in [4.69, 9.17) is 16.3 Å². The number of hydrogen-bond acceptors (Lipinski definition) is 5. The molecular formula is C23H31ClN4O3. The van der Waals surface area contributed by atoms with Crippen molar-refractivity contribution in [3.8, 4) is 5.75 Å². The van der Waals surface area contributed by atoms with E-state index in [1.165, 1.54) is 0 Å². The third-order valence-electron chi connectivity index (χ3n) is 4.85. The minimum absolute atomic E-state index is 0.0118. The van der Waals surface area contributed by atoms with Crippen molar-refractivity contribution < 1.29 is 14.3 Å². The van der Waals surface area contributed by atoms with Crippen molar-refractivity contribution in [1.82, 2.24) is 14.8 Å². The van der Waals surface area contributed by atoms with Crippen LogP contribution in [-0.2, 0) is 4.79 Å². The second-order valence-corrected chi connectivity index (χ2v) is 7.87. The van der Waals surface area contributed by atoms with Gasteiger partial charge in [-0.25, -0.2) is 0 Å². The summed E-state index contributed by atoms with van der Waals surface area (Å²) in [7, 11) is 1.76. The van der Waals surface area contributed by atoms with E-state index in [0.29, 0.717) is 42.6 Å². The fraction of sp³-hybridized carbons (Fsp3) is 0.435. The van der Waals surface area contributed by atoms with Gasteiger partial charge in [0.15, 0.2) is 0 Å². The maximum Gasteiger partial charge on any atom is 0.254 e. The smallest absolute Gasteiger partial charge is 0.254 e. The number of benzene rings is 1. The zero-order valence-corrected chi connectivity index (χ0v) is 19.4. The number of nitrogens with zero attached hydrogens (tertiary/aromatic N) is 3. The zero-order valence-electron chi connectivity index (χ0n) is 18.6. The van der Waals surface area contributed by atoms with Gasteiger partial charge in [-0.15, -0.1) is 0 Å². The lowest BCUT2D eigenvalue weighted by Gasteiger charge is -2.27. The van der Waals surface area contributed by atoms with E-state index in [1.807, 2.05) is 32.9 Å². The fourth-order valence-electron chi connectivity index (χ4n) is 2.95. The molecule has 7 nitrogen and oxygen atoms in total. The first kappa shape index (κ1) is 24.5. The molecule has 31 heavy (non-hydrogen) atoms. The number of nitrogens with one attached hydrogen (secondary N) is 1. The van der Waals surface area contributed by atoms with Crippen LogP contribution in [0.2, 0.25) is 5.02 Å². The Kier molecular flexibility index (Phi) is 9.59. The van der Waals surface area contributed by atoms with E-state index in [0.717, 1.165) is 5.69 Å². The van der Waals surface area contributed by atoms with Crippen LogP contribution in [0, 0.1) is 0 Å². The van der Waals surface area contributed by atoms with Gasteiger partial charge >= 0.3 is 0 Å². The molecule has 0 unspecified atom stereocenters. The maximum absolute atomic E-state index is 13.1. The number of amides is 2. The summed E-state index contributed by atoms with van der Waals surface area (Å²) in [6, 6.07) is 8.70. The van der Waals surface area contributed by atoms with E-state index in [9.17, 15) is 9.59 Å². The van der Waals surface area contributed by atoms with E-state index in [2.05, 4.69) is 10.3 Å². The predicted octanol–water partition coefficient (Wildman–Crippen LogP) is 3.94. The predicted molar refractivity (Wildman–Crippen MR) is 124 cm³/mol. The lowest BCUT2D eigenvalue weighted by Crippen LogP contribution is -2.40. The van der Waals surface area contributed by atoms with Crippen molar-refractivity contribution in [2.45, 2.75) is 33.2 Å². The van der Waals surface area contributed by atoms with Crippen molar-refractivity contribution >= 4 is 29.1 Å². The van der Waals surface area contributed by atoms with Crippen LogP contribution in [0.25, 0.3) is 0 Å². The number of hydrogen-bond donors (Lipinski definition) is 1. The third kappa shape index (κ3) is 7.75. The van der Waals surface area contributed by atoms with Crippen LogP contribution in [0.4, 0.5) is 5.69 Å². The molecule has 168 valence electrons. The molecule has 0 saturated carbocycles. The Morgan fingerprint density at radius 2 is 1.90 bits per heavy atom. The number of aromatic nitrogens is 1. The number of halogens is 1. The van der Waals surface area contributed by atoms with Gasteiger partial charge in [0.25, 0.3) is 5.91 Å². The van der Waals surface area contributed by atoms with E-state index in [-0.39, 0.29) is 24.3 Å². The maximum atomic E-state index is 13.1. The molecule has 8 heteroatoms. The minimum atomic E-state index is -0.177. The van der Waals surface area contributed by atoms with Crippen molar-refractivity contribution in [3.05, 3.63) is 53.3 Å². The summed E-state index contributed by atoms with van der Waals surface area (Å²) < 4.78 is 5.79. The van der Waals surface area contributed by atoms with Gasteiger partial charge in [0, 0.05) is 67.8 Å². The van der Waals surface area contributed by atoms with Crippen LogP contribution in [0.15, 0.2) is 42.7 Å². The van der Waals surface area contributed by atoms with Gasteiger partial charge in [-0.1, -0.05) is 11.6 Å². The molecule has 0 saturated heterocycles. The minimum Gasteiger partial charge on any atom is -0.492 e. The van der Waals surface area contributed by atoms with Crippen molar-refractivity contribution in [2.75, 3.05) is 38.6 Å². The first-order chi connectivity index (χ1) is 14.8. The zero-order chi connectivity index (χ0) is 22.8. The Hall–Kier alpha value is -2.80. The van der Waals surface area contributed by atoms with Gasteiger partial charge < -0.3 is 19.9 Å². The molecule has 0 radical (unpaired) electrons. The Bertz CT molecular complexity index is 861. The molecule has 1 N–H and O–H groups in total. The molecule has 0 bridgehead atoms. The van der Waals surface area contributed by atoms with Crippen LogP contribution in [0.1, 0.15) is 37.6 Å². The van der Waals surface area contributed by atoms with Crippen LogP contribution < -0.4 is 10.1 Å². The van der Waals surface area contributed by atoms with E-state index >= 15 is 0 Å².